The second-order valence-electron chi connectivity index (χ2n) is 7.39. The molecule has 4 rings (SSSR count). The molecule has 2 N–H and O–H groups in total. The van der Waals surface area contributed by atoms with Crippen LogP contribution in [0.1, 0.15) is 24.3 Å². The lowest BCUT2D eigenvalue weighted by atomic mass is 9.42. The van der Waals surface area contributed by atoms with Crippen molar-refractivity contribution in [2.24, 2.45) is 0 Å². The number of hydrogen-bond donors (Lipinski definition) is 2. The Morgan fingerprint density at radius 1 is 1.50 bits per heavy atom. The van der Waals surface area contributed by atoms with Gasteiger partial charge in [-0.1, -0.05) is 6.32 Å². The Kier molecular flexibility index (Phi) is 4.94. The zero-order valence-electron chi connectivity index (χ0n) is 15.9. The van der Waals surface area contributed by atoms with E-state index in [9.17, 15) is 4.39 Å². The molecule has 5 nitrogen and oxygen atoms in total. The molecule has 8 heteroatoms. The van der Waals surface area contributed by atoms with Crippen LogP contribution in [0.25, 0.3) is 15.8 Å². The highest BCUT2D eigenvalue weighted by Gasteiger charge is 2.34. The number of rotatable bonds is 3. The average molecular weight is 393 g/mol. The molecule has 1 fully saturated rings. The normalized spacial score (nSPS) is 24.3. The monoisotopic (exact) mass is 393 g/mol. The molecule has 0 bridgehead atoms. The largest absolute Gasteiger partial charge is 0.393 e. The zero-order chi connectivity index (χ0) is 19.8. The fraction of sp³-hybridized carbons (Fsp3) is 0.350. The highest BCUT2D eigenvalue weighted by Crippen LogP contribution is 2.37. The molecule has 142 valence electrons. The maximum atomic E-state index is 14.5. The smallest absolute Gasteiger partial charge is 0.270 e. The zero-order valence-corrected chi connectivity index (χ0v) is 16.7. The number of hydrogen-bond acceptors (Lipinski definition) is 5. The Balaban J connectivity index is 1.62. The van der Waals surface area contributed by atoms with E-state index in [4.69, 9.17) is 10.7 Å². The highest BCUT2D eigenvalue weighted by atomic mass is 32.1. The van der Waals surface area contributed by atoms with E-state index >= 15 is 0 Å². The fourth-order valence-electron chi connectivity index (χ4n) is 3.90. The standard InChI is InChI=1S/C20H21BFN5S/c1-12-5-13(6-14(9-25-2)19(12)24)18-7-15-10-27(26-20(15)28-18)17-3-4-21(11-23)8-16(17)22/h5-7,9-10,16-17,24-25H,3-4,8H2,1-2H3/b14-9-,24-19?. The van der Waals surface area contributed by atoms with E-state index in [1.807, 2.05) is 38.5 Å². The maximum Gasteiger partial charge on any atom is 0.270 e. The molecule has 2 atom stereocenters. The van der Waals surface area contributed by atoms with Gasteiger partial charge in [0.1, 0.15) is 11.0 Å². The van der Waals surface area contributed by atoms with Crippen molar-refractivity contribution in [2.75, 3.05) is 7.05 Å². The van der Waals surface area contributed by atoms with Gasteiger partial charge in [0.15, 0.2) is 0 Å². The minimum absolute atomic E-state index is 0.179. The van der Waals surface area contributed by atoms with Gasteiger partial charge in [-0.15, -0.1) is 11.3 Å². The Hall–Kier alpha value is -2.66. The first kappa shape index (κ1) is 18.7. The number of nitrogens with one attached hydrogen (secondary N) is 2. The van der Waals surface area contributed by atoms with Gasteiger partial charge in [-0.05, 0) is 49.0 Å². The van der Waals surface area contributed by atoms with E-state index in [2.05, 4.69) is 22.5 Å². The second kappa shape index (κ2) is 7.40. The summed E-state index contributed by atoms with van der Waals surface area (Å²) < 4.78 is 16.3. The third kappa shape index (κ3) is 3.31. The van der Waals surface area contributed by atoms with Gasteiger partial charge in [0, 0.05) is 41.2 Å². The van der Waals surface area contributed by atoms with Crippen LogP contribution in [0.2, 0.25) is 12.6 Å². The number of thiophene rings is 1. The van der Waals surface area contributed by atoms with Crippen LogP contribution in [0.5, 0.6) is 0 Å². The van der Waals surface area contributed by atoms with Crippen molar-refractivity contribution in [3.05, 3.63) is 46.6 Å². The molecule has 0 amide bonds. The Morgan fingerprint density at radius 2 is 2.32 bits per heavy atom. The molecule has 28 heavy (non-hydrogen) atoms. The van der Waals surface area contributed by atoms with Gasteiger partial charge in [-0.2, -0.15) is 5.10 Å². The van der Waals surface area contributed by atoms with Crippen molar-refractivity contribution < 1.29 is 4.39 Å². The number of allylic oxidation sites excluding steroid dienone is 5. The maximum absolute atomic E-state index is 14.5. The van der Waals surface area contributed by atoms with Crippen molar-refractivity contribution in [1.82, 2.24) is 15.1 Å². The van der Waals surface area contributed by atoms with Crippen LogP contribution < -0.4 is 5.32 Å². The van der Waals surface area contributed by atoms with Crippen LogP contribution in [0.15, 0.2) is 41.8 Å². The van der Waals surface area contributed by atoms with Gasteiger partial charge < -0.3 is 5.32 Å². The van der Waals surface area contributed by atoms with Gasteiger partial charge in [0.25, 0.3) is 6.71 Å². The predicted molar refractivity (Wildman–Crippen MR) is 114 cm³/mol. The fourth-order valence-corrected chi connectivity index (χ4v) is 4.89. The Labute approximate surface area is 167 Å². The Morgan fingerprint density at radius 3 is 3.00 bits per heavy atom. The molecule has 0 aromatic carbocycles. The summed E-state index contributed by atoms with van der Waals surface area (Å²) in [5.74, 6) is 2.19. The number of halogens is 1. The molecule has 2 aromatic rings. The van der Waals surface area contributed by atoms with Crippen LogP contribution in [-0.4, -0.2) is 35.4 Å². The number of alkyl halides is 1. The number of nitrogens with zero attached hydrogens (tertiary/aromatic N) is 3. The van der Waals surface area contributed by atoms with Crippen LogP contribution in [-0.2, 0) is 0 Å². The first-order valence-corrected chi connectivity index (χ1v) is 10.2. The highest BCUT2D eigenvalue weighted by molar-refractivity contribution is 7.19. The predicted octanol–water partition coefficient (Wildman–Crippen LogP) is 4.40. The van der Waals surface area contributed by atoms with Crippen LogP contribution in [0, 0.1) is 16.6 Å². The summed E-state index contributed by atoms with van der Waals surface area (Å²) in [6, 6.07) is 1.80. The molecule has 0 saturated carbocycles. The first-order valence-electron chi connectivity index (χ1n) is 9.39. The molecule has 2 aliphatic rings. The molecule has 0 spiro atoms. The molecular formula is C20H21BFN5S. The van der Waals surface area contributed by atoms with Crippen LogP contribution in [0.3, 0.4) is 0 Å². The van der Waals surface area contributed by atoms with Crippen LogP contribution in [0.4, 0.5) is 4.39 Å². The molecule has 2 unspecified atom stereocenters. The third-order valence-corrected chi connectivity index (χ3v) is 6.51. The van der Waals surface area contributed by atoms with Gasteiger partial charge >= 0.3 is 0 Å². The lowest BCUT2D eigenvalue weighted by Gasteiger charge is -2.27. The second-order valence-corrected chi connectivity index (χ2v) is 8.42. The van der Waals surface area contributed by atoms with Crippen molar-refractivity contribution >= 4 is 39.6 Å². The van der Waals surface area contributed by atoms with Gasteiger partial charge in [0.05, 0.1) is 11.8 Å². The number of aromatic nitrogens is 2. The summed E-state index contributed by atoms with van der Waals surface area (Å²) >= 11 is 1.58. The van der Waals surface area contributed by atoms with Gasteiger partial charge in [-0.25, -0.2) is 9.65 Å². The van der Waals surface area contributed by atoms with E-state index < -0.39 is 6.17 Å². The van der Waals surface area contributed by atoms with E-state index in [0.29, 0.717) is 18.5 Å². The molecule has 2 aromatic heterocycles. The van der Waals surface area contributed by atoms with E-state index in [-0.39, 0.29) is 12.8 Å². The van der Waals surface area contributed by atoms with Crippen LogP contribution >= 0.6 is 11.3 Å². The summed E-state index contributed by atoms with van der Waals surface area (Å²) in [6.07, 6.45) is 8.42. The van der Waals surface area contributed by atoms with E-state index in [1.165, 1.54) is 0 Å². The first-order chi connectivity index (χ1) is 13.5. The minimum Gasteiger partial charge on any atom is -0.393 e. The van der Waals surface area contributed by atoms with Crippen molar-refractivity contribution in [3.8, 4) is 5.97 Å². The summed E-state index contributed by atoms with van der Waals surface area (Å²) in [6.45, 7) is 1.76. The average Bonchev–Trinajstić information content (AvgIpc) is 3.24. The quantitative estimate of drug-likeness (QED) is 0.759. The van der Waals surface area contributed by atoms with Gasteiger partial charge in [0.2, 0.25) is 0 Å². The molecular weight excluding hydrogens is 372 g/mol. The Bertz CT molecular complexity index is 1040. The number of fused-ring (bicyclic) bond motifs is 1. The van der Waals surface area contributed by atoms with E-state index in [1.54, 1.807) is 16.0 Å². The topological polar surface area (TPSA) is 77.5 Å². The SMILES string of the molecule is CN/C=C1/C=C(c2cc3cn(C4CCB(C#N)CC4F)nc3s2)C=C(C)C1=N. The molecule has 0 radical (unpaired) electrons. The third-order valence-electron chi connectivity index (χ3n) is 5.43. The summed E-state index contributed by atoms with van der Waals surface area (Å²) in [4.78, 5) is 1.97. The lowest BCUT2D eigenvalue weighted by molar-refractivity contribution is 0.221. The van der Waals surface area contributed by atoms with Crippen molar-refractivity contribution in [1.29, 1.82) is 10.7 Å². The summed E-state index contributed by atoms with van der Waals surface area (Å²) in [5, 5.41) is 25.8. The van der Waals surface area contributed by atoms with E-state index in [0.717, 1.165) is 38.1 Å². The molecule has 1 saturated heterocycles. The molecule has 1 aliphatic heterocycles. The molecule has 3 heterocycles. The summed E-state index contributed by atoms with van der Waals surface area (Å²) in [7, 11) is 1.83. The minimum atomic E-state index is -1.03. The lowest BCUT2D eigenvalue weighted by Crippen LogP contribution is -2.32. The number of nitriles is 1. The molecule has 1 aliphatic carbocycles. The van der Waals surface area contributed by atoms with Crippen molar-refractivity contribution in [3.63, 3.8) is 0 Å². The summed E-state index contributed by atoms with van der Waals surface area (Å²) in [5.41, 5.74) is 3.35. The van der Waals surface area contributed by atoms with Gasteiger partial charge in [-0.3, -0.25) is 10.1 Å². The van der Waals surface area contributed by atoms with Crippen molar-refractivity contribution in [2.45, 2.75) is 38.2 Å².